The zero-order chi connectivity index (χ0) is 21.5. The zero-order valence-electron chi connectivity index (χ0n) is 18.2. The number of aromatic nitrogens is 1. The summed E-state index contributed by atoms with van der Waals surface area (Å²) < 4.78 is 1.99. The van der Waals surface area contributed by atoms with Gasteiger partial charge in [0.25, 0.3) is 11.5 Å². The predicted molar refractivity (Wildman–Crippen MR) is 119 cm³/mol. The van der Waals surface area contributed by atoms with E-state index < -0.39 is 0 Å². The number of benzene rings is 1. The van der Waals surface area contributed by atoms with Crippen molar-refractivity contribution in [2.75, 3.05) is 26.2 Å². The van der Waals surface area contributed by atoms with E-state index in [1.807, 2.05) is 22.5 Å². The number of phenols is 1. The first-order chi connectivity index (χ1) is 15.0. The summed E-state index contributed by atoms with van der Waals surface area (Å²) in [6, 6.07) is 9.10. The molecule has 2 atom stereocenters. The number of rotatable bonds is 3. The van der Waals surface area contributed by atoms with Crippen LogP contribution in [0.2, 0.25) is 0 Å². The number of phenolic OH excluding ortho intramolecular Hbond substituents is 1. The molecule has 2 bridgehead atoms. The van der Waals surface area contributed by atoms with Gasteiger partial charge < -0.3 is 14.6 Å². The Bertz CT molecular complexity index is 1050. The van der Waals surface area contributed by atoms with Crippen LogP contribution in [0.5, 0.6) is 5.75 Å². The number of fused-ring (bicyclic) bond motifs is 4. The highest BCUT2D eigenvalue weighted by Crippen LogP contribution is 2.36. The molecule has 1 N–H and O–H groups in total. The Morgan fingerprint density at radius 3 is 2.68 bits per heavy atom. The van der Waals surface area contributed by atoms with Crippen molar-refractivity contribution in [2.45, 2.75) is 51.6 Å². The molecule has 0 aliphatic carbocycles. The van der Waals surface area contributed by atoms with E-state index in [1.165, 1.54) is 19.3 Å². The Labute approximate surface area is 183 Å². The summed E-state index contributed by atoms with van der Waals surface area (Å²) in [6.07, 6.45) is 4.76. The van der Waals surface area contributed by atoms with Gasteiger partial charge in [0.1, 0.15) is 5.75 Å². The lowest BCUT2D eigenvalue weighted by Gasteiger charge is -2.43. The van der Waals surface area contributed by atoms with Crippen molar-refractivity contribution in [1.82, 2.24) is 14.4 Å². The lowest BCUT2D eigenvalue weighted by Crippen LogP contribution is -2.49. The van der Waals surface area contributed by atoms with Gasteiger partial charge in [-0.1, -0.05) is 18.6 Å². The molecule has 4 heterocycles. The summed E-state index contributed by atoms with van der Waals surface area (Å²) in [5, 5.41) is 9.84. The standard InChI is InChI=1S/C25H31N3O3/c1-17-5-7-21(29)12-22(17)25(31)27-13-18-11-20(16-27)23-8-6-19(24(30)28(23)14-18)15-26-9-3-2-4-10-26/h5-8,12,18,20,29H,2-4,9-11,13-16H2,1H3/t18-,20+/m0/s1. The third kappa shape index (κ3) is 3.89. The maximum Gasteiger partial charge on any atom is 0.255 e. The van der Waals surface area contributed by atoms with Gasteiger partial charge in [0, 0.05) is 48.9 Å². The van der Waals surface area contributed by atoms with E-state index in [4.69, 9.17) is 0 Å². The Morgan fingerprint density at radius 2 is 1.87 bits per heavy atom. The fourth-order valence-corrected chi connectivity index (χ4v) is 5.65. The fraction of sp³-hybridized carbons (Fsp3) is 0.520. The third-order valence-corrected chi connectivity index (χ3v) is 7.26. The van der Waals surface area contributed by atoms with Crippen molar-refractivity contribution in [3.05, 3.63) is 63.1 Å². The average molecular weight is 422 g/mol. The molecular formula is C25H31N3O3. The maximum atomic E-state index is 13.3. The van der Waals surface area contributed by atoms with E-state index in [-0.39, 0.29) is 29.1 Å². The van der Waals surface area contributed by atoms with Gasteiger partial charge in [0.15, 0.2) is 0 Å². The van der Waals surface area contributed by atoms with Crippen LogP contribution in [0.15, 0.2) is 35.1 Å². The molecule has 31 heavy (non-hydrogen) atoms. The Balaban J connectivity index is 1.38. The van der Waals surface area contributed by atoms with Crippen LogP contribution in [-0.2, 0) is 13.1 Å². The molecule has 164 valence electrons. The first kappa shape index (κ1) is 20.3. The number of nitrogens with zero attached hydrogens (tertiary/aromatic N) is 3. The molecule has 2 saturated heterocycles. The number of pyridine rings is 1. The van der Waals surface area contributed by atoms with Crippen LogP contribution >= 0.6 is 0 Å². The van der Waals surface area contributed by atoms with Crippen LogP contribution in [0.3, 0.4) is 0 Å². The first-order valence-electron chi connectivity index (χ1n) is 11.5. The fourth-order valence-electron chi connectivity index (χ4n) is 5.65. The minimum absolute atomic E-state index is 0.0272. The molecule has 3 aliphatic rings. The van der Waals surface area contributed by atoms with Crippen LogP contribution < -0.4 is 5.56 Å². The molecule has 0 unspecified atom stereocenters. The van der Waals surface area contributed by atoms with Gasteiger partial charge in [-0.2, -0.15) is 0 Å². The highest BCUT2D eigenvalue weighted by Gasteiger charge is 2.37. The summed E-state index contributed by atoms with van der Waals surface area (Å²) in [4.78, 5) is 30.8. The van der Waals surface area contributed by atoms with E-state index in [2.05, 4.69) is 11.0 Å². The molecule has 6 nitrogen and oxygen atoms in total. The second-order valence-corrected chi connectivity index (χ2v) is 9.54. The minimum atomic E-state index is -0.0272. The number of carbonyl (C=O) groups excluding carboxylic acids is 1. The van der Waals surface area contributed by atoms with Crippen molar-refractivity contribution in [3.63, 3.8) is 0 Å². The van der Waals surface area contributed by atoms with E-state index in [9.17, 15) is 14.7 Å². The van der Waals surface area contributed by atoms with Gasteiger partial charge in [0.2, 0.25) is 0 Å². The molecule has 1 aromatic heterocycles. The lowest BCUT2D eigenvalue weighted by atomic mass is 9.82. The molecule has 1 aromatic carbocycles. The number of likely N-dealkylation sites (tertiary alicyclic amines) is 2. The molecule has 0 saturated carbocycles. The highest BCUT2D eigenvalue weighted by molar-refractivity contribution is 5.96. The number of aryl methyl sites for hydroxylation is 1. The summed E-state index contributed by atoms with van der Waals surface area (Å²) in [5.41, 5.74) is 3.55. The van der Waals surface area contributed by atoms with Gasteiger partial charge >= 0.3 is 0 Å². The summed E-state index contributed by atoms with van der Waals surface area (Å²) in [6.45, 7) is 6.77. The van der Waals surface area contributed by atoms with Gasteiger partial charge in [0.05, 0.1) is 0 Å². The van der Waals surface area contributed by atoms with Crippen LogP contribution in [0, 0.1) is 12.8 Å². The third-order valence-electron chi connectivity index (χ3n) is 7.26. The van der Waals surface area contributed by atoms with Crippen molar-refractivity contribution < 1.29 is 9.90 Å². The molecule has 1 amide bonds. The van der Waals surface area contributed by atoms with Gasteiger partial charge in [-0.25, -0.2) is 0 Å². The lowest BCUT2D eigenvalue weighted by molar-refractivity contribution is 0.0593. The van der Waals surface area contributed by atoms with Gasteiger partial charge in [-0.05, 0) is 69.0 Å². The number of hydrogen-bond donors (Lipinski definition) is 1. The molecule has 3 aliphatic heterocycles. The molecule has 5 rings (SSSR count). The summed E-state index contributed by atoms with van der Waals surface area (Å²) in [5.74, 6) is 0.562. The van der Waals surface area contributed by atoms with Crippen LogP contribution in [0.1, 0.15) is 58.8 Å². The number of carbonyl (C=O) groups is 1. The van der Waals surface area contributed by atoms with E-state index >= 15 is 0 Å². The Kier molecular flexibility index (Phi) is 5.34. The summed E-state index contributed by atoms with van der Waals surface area (Å²) >= 11 is 0. The quantitative estimate of drug-likeness (QED) is 0.827. The molecule has 2 aromatic rings. The topological polar surface area (TPSA) is 65.8 Å². The minimum Gasteiger partial charge on any atom is -0.508 e. The second-order valence-electron chi connectivity index (χ2n) is 9.54. The first-order valence-corrected chi connectivity index (χ1v) is 11.5. The monoisotopic (exact) mass is 421 g/mol. The van der Waals surface area contributed by atoms with Crippen molar-refractivity contribution in [2.24, 2.45) is 5.92 Å². The summed E-state index contributed by atoms with van der Waals surface area (Å²) in [7, 11) is 0. The average Bonchev–Trinajstić information content (AvgIpc) is 2.78. The predicted octanol–water partition coefficient (Wildman–Crippen LogP) is 3.11. The smallest absolute Gasteiger partial charge is 0.255 e. The van der Waals surface area contributed by atoms with Gasteiger partial charge in [-0.3, -0.25) is 14.5 Å². The zero-order valence-corrected chi connectivity index (χ0v) is 18.2. The van der Waals surface area contributed by atoms with Crippen molar-refractivity contribution >= 4 is 5.91 Å². The van der Waals surface area contributed by atoms with Crippen LogP contribution in [-0.4, -0.2) is 51.6 Å². The largest absolute Gasteiger partial charge is 0.508 e. The van der Waals surface area contributed by atoms with Crippen LogP contribution in [0.4, 0.5) is 0 Å². The molecule has 6 heteroatoms. The number of amides is 1. The van der Waals surface area contributed by atoms with E-state index in [0.29, 0.717) is 25.2 Å². The maximum absolute atomic E-state index is 13.3. The molecular weight excluding hydrogens is 390 g/mol. The Morgan fingerprint density at radius 1 is 1.06 bits per heavy atom. The SMILES string of the molecule is Cc1ccc(O)cc1C(=O)N1C[C@@H]2C[C@H](C1)c1ccc(CN3CCCCC3)c(=O)n1C2. The number of piperidine rings is 2. The van der Waals surface area contributed by atoms with Crippen molar-refractivity contribution in [3.8, 4) is 5.75 Å². The molecule has 0 spiro atoms. The normalized spacial score (nSPS) is 23.5. The second kappa shape index (κ2) is 8.15. The van der Waals surface area contributed by atoms with E-state index in [0.717, 1.165) is 42.9 Å². The molecule has 0 radical (unpaired) electrons. The highest BCUT2D eigenvalue weighted by atomic mass is 16.3. The van der Waals surface area contributed by atoms with Crippen molar-refractivity contribution in [1.29, 1.82) is 0 Å². The molecule has 2 fully saturated rings. The van der Waals surface area contributed by atoms with Gasteiger partial charge in [-0.15, -0.1) is 0 Å². The van der Waals surface area contributed by atoms with E-state index in [1.54, 1.807) is 18.2 Å². The van der Waals surface area contributed by atoms with Crippen LogP contribution in [0.25, 0.3) is 0 Å². The number of aromatic hydroxyl groups is 1. The Hall–Kier alpha value is -2.60. The number of hydrogen-bond acceptors (Lipinski definition) is 4.